The van der Waals surface area contributed by atoms with Crippen molar-refractivity contribution in [2.45, 2.75) is 58.0 Å². The van der Waals surface area contributed by atoms with E-state index in [2.05, 4.69) is 57.0 Å². The Labute approximate surface area is 202 Å². The van der Waals surface area contributed by atoms with Gasteiger partial charge in [-0.15, -0.1) is 0 Å². The quantitative estimate of drug-likeness (QED) is 0.462. The first-order chi connectivity index (χ1) is 16.1. The number of nitriles is 1. The van der Waals surface area contributed by atoms with Crippen LogP contribution in [0.25, 0.3) is 0 Å². The van der Waals surface area contributed by atoms with Crippen LogP contribution in [0.2, 0.25) is 0 Å². The lowest BCUT2D eigenvalue weighted by Crippen LogP contribution is -2.45. The topological polar surface area (TPSA) is 56.9 Å². The predicted molar refractivity (Wildman–Crippen MR) is 137 cm³/mol. The molecule has 5 nitrogen and oxygen atoms in total. The van der Waals surface area contributed by atoms with Gasteiger partial charge < -0.3 is 14.8 Å². The average Bonchev–Trinajstić information content (AvgIpc) is 3.28. The number of aryl methyl sites for hydroxylation is 1. The van der Waals surface area contributed by atoms with Gasteiger partial charge in [-0.25, -0.2) is 4.98 Å². The first kappa shape index (κ1) is 23.0. The molecule has 1 N–H and O–H groups in total. The van der Waals surface area contributed by atoms with Crippen molar-refractivity contribution in [3.8, 4) is 6.07 Å². The molecule has 0 amide bonds. The first-order valence-electron chi connectivity index (χ1n) is 11.7. The first-order valence-corrected chi connectivity index (χ1v) is 12.2. The number of nitrogens with zero attached hydrogens (tertiary/aromatic N) is 4. The van der Waals surface area contributed by atoms with Crippen LogP contribution in [0.3, 0.4) is 0 Å². The molecule has 0 radical (unpaired) electrons. The van der Waals surface area contributed by atoms with E-state index in [0.717, 1.165) is 35.9 Å². The van der Waals surface area contributed by atoms with Crippen LogP contribution in [-0.4, -0.2) is 32.2 Å². The van der Waals surface area contributed by atoms with Crippen LogP contribution in [0.1, 0.15) is 54.5 Å². The number of hydrogen-bond acceptors (Lipinski definition) is 3. The Morgan fingerprint density at radius 3 is 2.55 bits per heavy atom. The number of anilines is 1. The van der Waals surface area contributed by atoms with Gasteiger partial charge in [-0.05, 0) is 61.8 Å². The van der Waals surface area contributed by atoms with Crippen molar-refractivity contribution in [3.63, 3.8) is 0 Å². The minimum atomic E-state index is 0.485. The number of nitrogens with one attached hydrogen (secondary N) is 1. The molecule has 0 atom stereocenters. The van der Waals surface area contributed by atoms with Gasteiger partial charge in [0.25, 0.3) is 0 Å². The minimum Gasteiger partial charge on any atom is -0.346 e. The van der Waals surface area contributed by atoms with Gasteiger partial charge >= 0.3 is 0 Å². The number of hydrogen-bond donors (Lipinski definition) is 1. The van der Waals surface area contributed by atoms with Crippen molar-refractivity contribution in [1.29, 1.82) is 5.26 Å². The number of thiocarbonyl (C=S) groups is 1. The highest BCUT2D eigenvalue weighted by molar-refractivity contribution is 7.80. The fourth-order valence-corrected chi connectivity index (χ4v) is 4.85. The van der Waals surface area contributed by atoms with Crippen molar-refractivity contribution >= 4 is 23.0 Å². The zero-order valence-corrected chi connectivity index (χ0v) is 20.0. The summed E-state index contributed by atoms with van der Waals surface area (Å²) in [5.41, 5.74) is 5.32. The molecule has 1 heterocycles. The Hall–Kier alpha value is -3.17. The maximum atomic E-state index is 9.02. The molecular formula is C27H31N5S. The van der Waals surface area contributed by atoms with Gasteiger partial charge in [-0.3, -0.25) is 0 Å². The van der Waals surface area contributed by atoms with Crippen LogP contribution in [0, 0.1) is 18.3 Å². The van der Waals surface area contributed by atoms with E-state index in [1.165, 1.54) is 43.4 Å². The average molecular weight is 458 g/mol. The molecular weight excluding hydrogens is 426 g/mol. The van der Waals surface area contributed by atoms with Crippen LogP contribution in [-0.2, 0) is 13.0 Å². The Morgan fingerprint density at radius 2 is 1.85 bits per heavy atom. The molecule has 0 aliphatic heterocycles. The normalized spacial score (nSPS) is 13.9. The van der Waals surface area contributed by atoms with Crippen LogP contribution in [0.15, 0.2) is 61.1 Å². The molecule has 0 unspecified atom stereocenters. The van der Waals surface area contributed by atoms with Crippen molar-refractivity contribution in [2.24, 2.45) is 0 Å². The molecule has 1 fully saturated rings. The van der Waals surface area contributed by atoms with E-state index in [1.54, 1.807) is 0 Å². The molecule has 3 aromatic rings. The van der Waals surface area contributed by atoms with Gasteiger partial charge in [-0.1, -0.05) is 49.1 Å². The smallest absolute Gasteiger partial charge is 0.173 e. The minimum absolute atomic E-state index is 0.485. The molecule has 1 aliphatic carbocycles. The fraction of sp³-hybridized carbons (Fsp3) is 0.370. The number of imidazole rings is 1. The highest BCUT2D eigenvalue weighted by atomic mass is 32.1. The van der Waals surface area contributed by atoms with Crippen LogP contribution >= 0.6 is 12.2 Å². The van der Waals surface area contributed by atoms with Gasteiger partial charge in [0.15, 0.2) is 5.11 Å². The van der Waals surface area contributed by atoms with E-state index in [-0.39, 0.29) is 0 Å². The van der Waals surface area contributed by atoms with Gasteiger partial charge in [0.1, 0.15) is 0 Å². The molecule has 1 saturated carbocycles. The van der Waals surface area contributed by atoms with Gasteiger partial charge in [-0.2, -0.15) is 5.26 Å². The van der Waals surface area contributed by atoms with E-state index < -0.39 is 0 Å². The zero-order chi connectivity index (χ0) is 23.0. The third-order valence-corrected chi connectivity index (χ3v) is 6.76. The number of rotatable bonds is 7. The Morgan fingerprint density at radius 1 is 1.12 bits per heavy atom. The second-order valence-electron chi connectivity index (χ2n) is 8.85. The van der Waals surface area contributed by atoms with Gasteiger partial charge in [0, 0.05) is 43.1 Å². The summed E-state index contributed by atoms with van der Waals surface area (Å²) >= 11 is 5.89. The molecule has 6 heteroatoms. The predicted octanol–water partition coefficient (Wildman–Crippen LogP) is 5.69. The summed E-state index contributed by atoms with van der Waals surface area (Å²) < 4.78 is 2.19. The van der Waals surface area contributed by atoms with Crippen molar-refractivity contribution in [1.82, 2.24) is 14.5 Å². The van der Waals surface area contributed by atoms with Crippen molar-refractivity contribution in [3.05, 3.63) is 83.4 Å². The van der Waals surface area contributed by atoms with E-state index in [9.17, 15) is 0 Å². The largest absolute Gasteiger partial charge is 0.346 e. The second kappa shape index (κ2) is 11.1. The summed E-state index contributed by atoms with van der Waals surface area (Å²) in [6.07, 6.45) is 11.0. The van der Waals surface area contributed by atoms with Gasteiger partial charge in [0.2, 0.25) is 0 Å². The van der Waals surface area contributed by atoms with Crippen LogP contribution < -0.4 is 5.32 Å². The third-order valence-electron chi connectivity index (χ3n) is 6.42. The maximum Gasteiger partial charge on any atom is 0.173 e. The Kier molecular flexibility index (Phi) is 7.74. The number of aromatic nitrogens is 2. The van der Waals surface area contributed by atoms with Crippen molar-refractivity contribution < 1.29 is 0 Å². The Balaban J connectivity index is 1.44. The van der Waals surface area contributed by atoms with Crippen LogP contribution in [0.5, 0.6) is 0 Å². The lowest BCUT2D eigenvalue weighted by molar-refractivity contribution is 0.247. The molecule has 33 heavy (non-hydrogen) atoms. The summed E-state index contributed by atoms with van der Waals surface area (Å²) in [5.74, 6) is 0. The van der Waals surface area contributed by atoms with E-state index in [0.29, 0.717) is 11.6 Å². The summed E-state index contributed by atoms with van der Waals surface area (Å²) in [6.45, 7) is 3.70. The summed E-state index contributed by atoms with van der Waals surface area (Å²) in [7, 11) is 0. The molecule has 1 aromatic heterocycles. The second-order valence-corrected chi connectivity index (χ2v) is 9.24. The summed E-state index contributed by atoms with van der Waals surface area (Å²) in [6, 6.07) is 18.8. The lowest BCUT2D eigenvalue weighted by atomic mass is 9.94. The molecule has 0 bridgehead atoms. The SMILES string of the molecule is Cc1ccc(NC(=S)N(CCc2cncn2Cc2ccc(C#N)cc2)C2CCCCC2)cc1. The van der Waals surface area contributed by atoms with Gasteiger partial charge in [0.05, 0.1) is 18.0 Å². The van der Waals surface area contributed by atoms with Crippen molar-refractivity contribution in [2.75, 3.05) is 11.9 Å². The molecule has 2 aromatic carbocycles. The summed E-state index contributed by atoms with van der Waals surface area (Å²) in [4.78, 5) is 6.80. The highest BCUT2D eigenvalue weighted by Gasteiger charge is 2.23. The standard InChI is InChI=1S/C27H31N5S/c1-21-7-13-24(14-8-21)30-27(33)32(25-5-3-2-4-6-25)16-15-26-18-29-20-31(26)19-23-11-9-22(17-28)10-12-23/h7-14,18,20,25H,2-6,15-16,19H2,1H3,(H,30,33). The molecule has 0 saturated heterocycles. The number of benzene rings is 2. The van der Waals surface area contributed by atoms with E-state index in [4.69, 9.17) is 17.5 Å². The molecule has 4 rings (SSSR count). The molecule has 170 valence electrons. The summed E-state index contributed by atoms with van der Waals surface area (Å²) in [5, 5.41) is 13.3. The highest BCUT2D eigenvalue weighted by Crippen LogP contribution is 2.24. The fourth-order valence-electron chi connectivity index (χ4n) is 4.49. The van der Waals surface area contributed by atoms with E-state index in [1.807, 2.05) is 36.8 Å². The maximum absolute atomic E-state index is 9.02. The van der Waals surface area contributed by atoms with E-state index >= 15 is 0 Å². The third kappa shape index (κ3) is 6.21. The molecule has 1 aliphatic rings. The Bertz CT molecular complexity index is 1090. The molecule has 0 spiro atoms. The monoisotopic (exact) mass is 457 g/mol. The zero-order valence-electron chi connectivity index (χ0n) is 19.2. The van der Waals surface area contributed by atoms with Crippen LogP contribution in [0.4, 0.5) is 5.69 Å². The lowest BCUT2D eigenvalue weighted by Gasteiger charge is -2.36.